The summed E-state index contributed by atoms with van der Waals surface area (Å²) >= 11 is 1.44. The van der Waals surface area contributed by atoms with E-state index in [4.69, 9.17) is 20.2 Å². The van der Waals surface area contributed by atoms with Crippen molar-refractivity contribution < 1.29 is 18.7 Å². The second-order valence-electron chi connectivity index (χ2n) is 8.01. The second-order valence-corrected chi connectivity index (χ2v) is 9.02. The van der Waals surface area contributed by atoms with E-state index in [1.807, 2.05) is 0 Å². The van der Waals surface area contributed by atoms with Crippen molar-refractivity contribution >= 4 is 28.7 Å². The molecule has 1 fully saturated rings. The van der Waals surface area contributed by atoms with Crippen LogP contribution in [0.5, 0.6) is 0 Å². The SMILES string of the molecule is CO[C@@H]1CC2CSC(NC(=O)OC(C)(C)C)=NC2(c2cc(N)ccc2F)C1. The maximum absolute atomic E-state index is 14.7. The summed E-state index contributed by atoms with van der Waals surface area (Å²) in [7, 11) is 1.65. The van der Waals surface area contributed by atoms with Crippen molar-refractivity contribution in [2.45, 2.75) is 50.9 Å². The van der Waals surface area contributed by atoms with E-state index in [1.165, 1.54) is 23.9 Å². The number of anilines is 1. The number of rotatable bonds is 2. The van der Waals surface area contributed by atoms with E-state index < -0.39 is 17.2 Å². The first kappa shape index (κ1) is 19.9. The largest absolute Gasteiger partial charge is 0.444 e. The lowest BCUT2D eigenvalue weighted by Gasteiger charge is -2.36. The van der Waals surface area contributed by atoms with Crippen molar-refractivity contribution in [1.82, 2.24) is 5.32 Å². The maximum atomic E-state index is 14.7. The van der Waals surface area contributed by atoms with Crippen LogP contribution in [0.15, 0.2) is 23.2 Å². The molecule has 0 radical (unpaired) electrons. The van der Waals surface area contributed by atoms with Crippen LogP contribution in [0.4, 0.5) is 14.9 Å². The Bertz CT molecular complexity index is 765. The smallest absolute Gasteiger partial charge is 0.413 e. The van der Waals surface area contributed by atoms with Gasteiger partial charge in [-0.2, -0.15) is 0 Å². The van der Waals surface area contributed by atoms with Crippen molar-refractivity contribution in [3.8, 4) is 0 Å². The number of carbonyl (C=O) groups excluding carboxylic acids is 1. The van der Waals surface area contributed by atoms with Crippen LogP contribution < -0.4 is 11.1 Å². The lowest BCUT2D eigenvalue weighted by molar-refractivity contribution is 0.0564. The zero-order chi connectivity index (χ0) is 19.8. The molecule has 0 bridgehead atoms. The Hall–Kier alpha value is -1.80. The van der Waals surface area contributed by atoms with Crippen LogP contribution in [0.3, 0.4) is 0 Å². The molecule has 1 aromatic rings. The van der Waals surface area contributed by atoms with Gasteiger partial charge in [0.05, 0.1) is 11.6 Å². The number of methoxy groups -OCH3 is 1. The molecule has 2 aliphatic rings. The van der Waals surface area contributed by atoms with Gasteiger partial charge < -0.3 is 15.2 Å². The molecule has 8 heteroatoms. The minimum Gasteiger partial charge on any atom is -0.444 e. The lowest BCUT2D eigenvalue weighted by atomic mass is 9.81. The van der Waals surface area contributed by atoms with Crippen molar-refractivity contribution in [2.75, 3.05) is 18.6 Å². The van der Waals surface area contributed by atoms with E-state index in [0.717, 1.165) is 6.42 Å². The van der Waals surface area contributed by atoms with Crippen LogP contribution in [0.1, 0.15) is 39.2 Å². The number of thioether (sulfide) groups is 1. The van der Waals surface area contributed by atoms with Gasteiger partial charge in [-0.15, -0.1) is 0 Å². The van der Waals surface area contributed by atoms with Crippen LogP contribution in [-0.2, 0) is 15.0 Å². The number of halogens is 1. The van der Waals surface area contributed by atoms with E-state index in [1.54, 1.807) is 33.9 Å². The predicted octanol–water partition coefficient (Wildman–Crippen LogP) is 3.66. The molecule has 1 aliphatic carbocycles. The Labute approximate surface area is 163 Å². The molecular weight excluding hydrogens is 369 g/mol. The molecule has 0 saturated heterocycles. The number of hydrogen-bond donors (Lipinski definition) is 2. The maximum Gasteiger partial charge on any atom is 0.413 e. The number of benzene rings is 1. The number of amidine groups is 1. The summed E-state index contributed by atoms with van der Waals surface area (Å²) in [5.74, 6) is 0.439. The van der Waals surface area contributed by atoms with Crippen LogP contribution in [0, 0.1) is 11.7 Å². The second kappa shape index (κ2) is 7.31. The minimum absolute atomic E-state index is 0.0268. The molecule has 1 heterocycles. The number of alkyl carbamates (subject to hydrolysis) is 1. The summed E-state index contributed by atoms with van der Waals surface area (Å²) in [6, 6.07) is 4.55. The zero-order valence-corrected chi connectivity index (χ0v) is 16.9. The number of carbonyl (C=O) groups is 1. The van der Waals surface area contributed by atoms with Gasteiger partial charge in [0.25, 0.3) is 0 Å². The number of nitrogens with one attached hydrogen (secondary N) is 1. The number of nitrogen functional groups attached to an aromatic ring is 1. The van der Waals surface area contributed by atoms with Gasteiger partial charge in [0, 0.05) is 36.5 Å². The highest BCUT2D eigenvalue weighted by Crippen LogP contribution is 2.52. The number of hydrogen-bond acceptors (Lipinski definition) is 6. The third-order valence-electron chi connectivity index (χ3n) is 4.88. The molecule has 1 aromatic carbocycles. The first-order valence-corrected chi connectivity index (χ1v) is 9.92. The number of nitrogens with zero attached hydrogens (tertiary/aromatic N) is 1. The van der Waals surface area contributed by atoms with Crippen molar-refractivity contribution in [3.63, 3.8) is 0 Å². The van der Waals surface area contributed by atoms with E-state index >= 15 is 0 Å². The van der Waals surface area contributed by atoms with Gasteiger partial charge in [-0.1, -0.05) is 11.8 Å². The number of nitrogens with two attached hydrogens (primary N) is 1. The molecule has 3 N–H and O–H groups in total. The Morgan fingerprint density at radius 2 is 2.19 bits per heavy atom. The molecule has 1 amide bonds. The number of amides is 1. The Morgan fingerprint density at radius 3 is 2.85 bits per heavy atom. The zero-order valence-electron chi connectivity index (χ0n) is 16.0. The van der Waals surface area contributed by atoms with E-state index in [-0.39, 0.29) is 17.8 Å². The molecule has 0 aromatic heterocycles. The Morgan fingerprint density at radius 1 is 1.44 bits per heavy atom. The lowest BCUT2D eigenvalue weighted by Crippen LogP contribution is -2.42. The highest BCUT2D eigenvalue weighted by molar-refractivity contribution is 8.13. The van der Waals surface area contributed by atoms with Gasteiger partial charge in [0.2, 0.25) is 0 Å². The van der Waals surface area contributed by atoms with Crippen LogP contribution in [0.25, 0.3) is 0 Å². The van der Waals surface area contributed by atoms with Crippen LogP contribution in [-0.4, -0.2) is 35.8 Å². The Kier molecular flexibility index (Phi) is 5.40. The number of fused-ring (bicyclic) bond motifs is 1. The highest BCUT2D eigenvalue weighted by atomic mass is 32.2. The third-order valence-corrected chi connectivity index (χ3v) is 5.92. The number of aliphatic imine (C=N–C) groups is 1. The third kappa shape index (κ3) is 4.21. The normalized spacial score (nSPS) is 27.7. The van der Waals surface area contributed by atoms with Gasteiger partial charge in [0.15, 0.2) is 5.17 Å². The molecule has 2 unspecified atom stereocenters. The van der Waals surface area contributed by atoms with Crippen LogP contribution in [0.2, 0.25) is 0 Å². The van der Waals surface area contributed by atoms with Crippen LogP contribution >= 0.6 is 11.8 Å². The molecule has 3 rings (SSSR count). The monoisotopic (exact) mass is 395 g/mol. The summed E-state index contributed by atoms with van der Waals surface area (Å²) in [4.78, 5) is 17.0. The molecule has 1 aliphatic heterocycles. The van der Waals surface area contributed by atoms with Crippen molar-refractivity contribution in [2.24, 2.45) is 10.9 Å². The van der Waals surface area contributed by atoms with E-state index in [2.05, 4.69) is 5.32 Å². The highest BCUT2D eigenvalue weighted by Gasteiger charge is 2.52. The molecule has 1 saturated carbocycles. The average molecular weight is 396 g/mol. The van der Waals surface area contributed by atoms with Gasteiger partial charge in [0.1, 0.15) is 11.4 Å². The van der Waals surface area contributed by atoms with Gasteiger partial charge in [-0.25, -0.2) is 9.18 Å². The first-order valence-electron chi connectivity index (χ1n) is 8.94. The molecule has 148 valence electrons. The van der Waals surface area contributed by atoms with E-state index in [0.29, 0.717) is 28.6 Å². The summed E-state index contributed by atoms with van der Waals surface area (Å²) in [5, 5.41) is 3.14. The average Bonchev–Trinajstić information content (AvgIpc) is 2.94. The van der Waals surface area contributed by atoms with Gasteiger partial charge >= 0.3 is 6.09 Å². The predicted molar refractivity (Wildman–Crippen MR) is 105 cm³/mol. The summed E-state index contributed by atoms with van der Waals surface area (Å²) < 4.78 is 25.6. The summed E-state index contributed by atoms with van der Waals surface area (Å²) in [6.07, 6.45) is 0.716. The fraction of sp³-hybridized carbons (Fsp3) is 0.579. The molecule has 0 spiro atoms. The quantitative estimate of drug-likeness (QED) is 0.747. The molecule has 3 atom stereocenters. The minimum atomic E-state index is -0.810. The first-order chi connectivity index (χ1) is 12.6. The van der Waals surface area contributed by atoms with Gasteiger partial charge in [-0.05, 0) is 45.4 Å². The number of ether oxygens (including phenoxy) is 2. The van der Waals surface area contributed by atoms with Crippen molar-refractivity contribution in [3.05, 3.63) is 29.6 Å². The molecule has 27 heavy (non-hydrogen) atoms. The molecular formula is C19H26FN3O3S. The summed E-state index contributed by atoms with van der Waals surface area (Å²) in [6.45, 7) is 5.38. The topological polar surface area (TPSA) is 85.9 Å². The summed E-state index contributed by atoms with van der Waals surface area (Å²) in [5.41, 5.74) is 5.44. The standard InChI is InChI=1S/C19H26FN3O3S/c1-18(2,3)26-17(24)22-16-23-19(14-8-12(21)5-6-15(14)20)9-13(25-4)7-11(19)10-27-16/h5-6,8,11,13H,7,9-10,21H2,1-4H3,(H,22,23,24)/t11?,13-,19?/m1/s1. The Balaban J connectivity index is 1.97. The van der Waals surface area contributed by atoms with E-state index in [9.17, 15) is 9.18 Å². The van der Waals surface area contributed by atoms with Crippen molar-refractivity contribution in [1.29, 1.82) is 0 Å². The fourth-order valence-electron chi connectivity index (χ4n) is 3.74. The van der Waals surface area contributed by atoms with Gasteiger partial charge in [-0.3, -0.25) is 10.3 Å². The fourth-order valence-corrected chi connectivity index (χ4v) is 4.90. The molecule has 6 nitrogen and oxygen atoms in total.